The summed E-state index contributed by atoms with van der Waals surface area (Å²) in [7, 11) is 0. The van der Waals surface area contributed by atoms with E-state index >= 15 is 0 Å². The second-order valence-corrected chi connectivity index (χ2v) is 8.19. The molecule has 1 aromatic heterocycles. The standard InChI is InChI=1S/C22H25ClN6O/c23-19-9-5-4-8-18(19)20(28-13-11-17(12-14-28)21(24)30)22-25-26-27-29(22)15-10-16-6-2-1-3-7-16/h1-9,17,20H,10-15H2,(H2,24,30)/p+1/t20-/m1/s1. The van der Waals surface area contributed by atoms with Gasteiger partial charge in [-0.05, 0) is 28.5 Å². The number of rotatable bonds is 7. The number of likely N-dealkylation sites (tertiary alicyclic amines) is 1. The fraction of sp³-hybridized carbons (Fsp3) is 0.364. The molecule has 30 heavy (non-hydrogen) atoms. The van der Waals surface area contributed by atoms with Gasteiger partial charge in [0.2, 0.25) is 11.7 Å². The summed E-state index contributed by atoms with van der Waals surface area (Å²) in [6, 6.07) is 18.1. The van der Waals surface area contributed by atoms with E-state index in [1.165, 1.54) is 10.5 Å². The van der Waals surface area contributed by atoms with Gasteiger partial charge < -0.3 is 10.6 Å². The lowest BCUT2D eigenvalue weighted by atomic mass is 9.93. The van der Waals surface area contributed by atoms with Gasteiger partial charge in [-0.3, -0.25) is 4.79 Å². The number of carbonyl (C=O) groups excluding carboxylic acids is 1. The smallest absolute Gasteiger partial charge is 0.220 e. The summed E-state index contributed by atoms with van der Waals surface area (Å²) in [6.45, 7) is 2.31. The van der Waals surface area contributed by atoms with Crippen molar-refractivity contribution in [3.05, 3.63) is 76.6 Å². The first kappa shape index (κ1) is 20.5. The van der Waals surface area contributed by atoms with E-state index in [0.717, 1.165) is 43.7 Å². The van der Waals surface area contributed by atoms with Gasteiger partial charge in [0.15, 0.2) is 6.04 Å². The number of primary amides is 1. The van der Waals surface area contributed by atoms with Crippen LogP contribution in [0.2, 0.25) is 5.02 Å². The first-order chi connectivity index (χ1) is 14.6. The van der Waals surface area contributed by atoms with E-state index in [-0.39, 0.29) is 17.9 Å². The molecule has 3 N–H and O–H groups in total. The average molecular weight is 426 g/mol. The quantitative estimate of drug-likeness (QED) is 0.599. The molecule has 3 aromatic rings. The minimum absolute atomic E-state index is 0.0604. The van der Waals surface area contributed by atoms with Crippen LogP contribution in [0.15, 0.2) is 54.6 Å². The van der Waals surface area contributed by atoms with Crippen LogP contribution < -0.4 is 10.6 Å². The molecular weight excluding hydrogens is 400 g/mol. The number of carbonyl (C=O) groups is 1. The van der Waals surface area contributed by atoms with Crippen molar-refractivity contribution in [1.82, 2.24) is 20.2 Å². The lowest BCUT2D eigenvalue weighted by Gasteiger charge is -2.33. The molecular formula is C22H26ClN6O+. The van der Waals surface area contributed by atoms with Gasteiger partial charge in [-0.1, -0.05) is 60.1 Å². The maximum atomic E-state index is 11.6. The summed E-state index contributed by atoms with van der Waals surface area (Å²) in [5.41, 5.74) is 7.77. The molecule has 0 spiro atoms. The molecule has 2 heterocycles. The van der Waals surface area contributed by atoms with Crippen molar-refractivity contribution in [2.45, 2.75) is 31.8 Å². The lowest BCUT2D eigenvalue weighted by molar-refractivity contribution is -0.931. The van der Waals surface area contributed by atoms with Gasteiger partial charge >= 0.3 is 0 Å². The van der Waals surface area contributed by atoms with Crippen molar-refractivity contribution >= 4 is 17.5 Å². The average Bonchev–Trinajstić information content (AvgIpc) is 3.23. The molecule has 0 saturated carbocycles. The van der Waals surface area contributed by atoms with Crippen LogP contribution in [0.4, 0.5) is 0 Å². The zero-order chi connectivity index (χ0) is 20.9. The van der Waals surface area contributed by atoms with Gasteiger partial charge in [0.05, 0.1) is 18.1 Å². The summed E-state index contributed by atoms with van der Waals surface area (Å²) in [6.07, 6.45) is 2.36. The number of nitrogens with zero attached hydrogens (tertiary/aromatic N) is 4. The Bertz CT molecular complexity index is 984. The fourth-order valence-corrected chi connectivity index (χ4v) is 4.51. The predicted octanol–water partition coefficient (Wildman–Crippen LogP) is 1.44. The topological polar surface area (TPSA) is 91.1 Å². The number of nitrogens with one attached hydrogen (secondary N) is 1. The van der Waals surface area contributed by atoms with E-state index in [1.807, 2.05) is 47.1 Å². The van der Waals surface area contributed by atoms with Crippen LogP contribution in [-0.4, -0.2) is 39.2 Å². The molecule has 1 fully saturated rings. The number of hydrogen-bond acceptors (Lipinski definition) is 4. The molecule has 0 aliphatic carbocycles. The second-order valence-electron chi connectivity index (χ2n) is 7.79. The normalized spacial score (nSPS) is 20.0. The van der Waals surface area contributed by atoms with Gasteiger partial charge in [0.25, 0.3) is 0 Å². The van der Waals surface area contributed by atoms with Crippen molar-refractivity contribution in [2.24, 2.45) is 11.7 Å². The van der Waals surface area contributed by atoms with Crippen molar-refractivity contribution in [3.63, 3.8) is 0 Å². The molecule has 0 bridgehead atoms. The third kappa shape index (κ3) is 4.52. The van der Waals surface area contributed by atoms with E-state index in [0.29, 0.717) is 11.6 Å². The molecule has 1 aliphatic rings. The molecule has 1 aliphatic heterocycles. The summed E-state index contributed by atoms with van der Waals surface area (Å²) in [4.78, 5) is 12.9. The molecule has 8 heteroatoms. The summed E-state index contributed by atoms with van der Waals surface area (Å²) in [5.74, 6) is 0.525. The van der Waals surface area contributed by atoms with Gasteiger partial charge in [0, 0.05) is 30.9 Å². The van der Waals surface area contributed by atoms with Gasteiger partial charge in [-0.25, -0.2) is 4.68 Å². The SMILES string of the molecule is NC(=O)C1CC[NH+]([C@H](c2ccccc2Cl)c2nnnn2CCc2ccccc2)CC1. The number of aromatic nitrogens is 4. The van der Waals surface area contributed by atoms with Crippen LogP contribution in [0.25, 0.3) is 0 Å². The molecule has 156 valence electrons. The minimum Gasteiger partial charge on any atom is -0.369 e. The molecule has 1 amide bonds. The summed E-state index contributed by atoms with van der Waals surface area (Å²) < 4.78 is 1.88. The number of tetrazole rings is 1. The summed E-state index contributed by atoms with van der Waals surface area (Å²) >= 11 is 6.59. The van der Waals surface area contributed by atoms with Crippen LogP contribution in [0.5, 0.6) is 0 Å². The Morgan fingerprint density at radius 3 is 2.53 bits per heavy atom. The van der Waals surface area contributed by atoms with Gasteiger partial charge in [-0.15, -0.1) is 5.10 Å². The number of halogens is 1. The Morgan fingerprint density at radius 2 is 1.83 bits per heavy atom. The van der Waals surface area contributed by atoms with Gasteiger partial charge in [0.1, 0.15) is 0 Å². The Labute approximate surface area is 180 Å². The number of benzene rings is 2. The molecule has 4 rings (SSSR count). The molecule has 7 nitrogen and oxygen atoms in total. The number of quaternary nitrogens is 1. The van der Waals surface area contributed by atoms with Gasteiger partial charge in [-0.2, -0.15) is 0 Å². The zero-order valence-electron chi connectivity index (χ0n) is 16.7. The van der Waals surface area contributed by atoms with E-state index in [9.17, 15) is 4.79 Å². The summed E-state index contributed by atoms with van der Waals surface area (Å²) in [5, 5.41) is 13.4. The Balaban J connectivity index is 1.62. The maximum absolute atomic E-state index is 11.6. The highest BCUT2D eigenvalue weighted by molar-refractivity contribution is 6.31. The highest BCUT2D eigenvalue weighted by Gasteiger charge is 2.36. The largest absolute Gasteiger partial charge is 0.369 e. The lowest BCUT2D eigenvalue weighted by Crippen LogP contribution is -3.13. The monoisotopic (exact) mass is 425 g/mol. The number of aryl methyl sites for hydroxylation is 2. The molecule has 2 aromatic carbocycles. The first-order valence-corrected chi connectivity index (χ1v) is 10.7. The molecule has 1 saturated heterocycles. The van der Waals surface area contributed by atoms with E-state index < -0.39 is 0 Å². The van der Waals surface area contributed by atoms with Crippen LogP contribution in [0.1, 0.15) is 35.8 Å². The van der Waals surface area contributed by atoms with E-state index in [1.54, 1.807) is 0 Å². The second kappa shape index (κ2) is 9.36. The highest BCUT2D eigenvalue weighted by Crippen LogP contribution is 2.26. The molecule has 0 unspecified atom stereocenters. The number of nitrogens with two attached hydrogens (primary N) is 1. The maximum Gasteiger partial charge on any atom is 0.220 e. The fourth-order valence-electron chi connectivity index (χ4n) is 4.27. The Kier molecular flexibility index (Phi) is 6.40. The number of hydrogen-bond donors (Lipinski definition) is 2. The van der Waals surface area contributed by atoms with Crippen molar-refractivity contribution in [2.75, 3.05) is 13.1 Å². The number of piperidine rings is 1. The minimum atomic E-state index is -0.212. The Hall–Kier alpha value is -2.77. The first-order valence-electron chi connectivity index (χ1n) is 10.3. The zero-order valence-corrected chi connectivity index (χ0v) is 17.5. The Morgan fingerprint density at radius 1 is 1.13 bits per heavy atom. The third-order valence-corrected chi connectivity index (χ3v) is 6.27. The number of amides is 1. The van der Waals surface area contributed by atoms with Crippen LogP contribution in [0, 0.1) is 5.92 Å². The molecule has 0 radical (unpaired) electrons. The van der Waals surface area contributed by atoms with E-state index in [4.69, 9.17) is 17.3 Å². The van der Waals surface area contributed by atoms with Crippen molar-refractivity contribution < 1.29 is 9.69 Å². The third-order valence-electron chi connectivity index (χ3n) is 5.93. The predicted molar refractivity (Wildman–Crippen MR) is 114 cm³/mol. The highest BCUT2D eigenvalue weighted by atomic mass is 35.5. The van der Waals surface area contributed by atoms with Crippen molar-refractivity contribution in [1.29, 1.82) is 0 Å². The van der Waals surface area contributed by atoms with Crippen molar-refractivity contribution in [3.8, 4) is 0 Å². The van der Waals surface area contributed by atoms with Crippen LogP contribution >= 0.6 is 11.6 Å². The van der Waals surface area contributed by atoms with Crippen LogP contribution in [0.3, 0.4) is 0 Å². The van der Waals surface area contributed by atoms with Crippen LogP contribution in [-0.2, 0) is 17.8 Å². The van der Waals surface area contributed by atoms with E-state index in [2.05, 4.69) is 27.7 Å². The molecule has 1 atom stereocenters.